The third-order valence-electron chi connectivity index (χ3n) is 2.97. The highest BCUT2D eigenvalue weighted by atomic mass is 79.9. The number of benzene rings is 1. The lowest BCUT2D eigenvalue weighted by atomic mass is 10.1. The fraction of sp³-hybridized carbons (Fsp3) is 0.417. The fourth-order valence-electron chi connectivity index (χ4n) is 1.88. The predicted molar refractivity (Wildman–Crippen MR) is 66.9 cm³/mol. The van der Waals surface area contributed by atoms with Gasteiger partial charge in [0.2, 0.25) is 5.91 Å². The summed E-state index contributed by atoms with van der Waals surface area (Å²) < 4.78 is 27.4. The van der Waals surface area contributed by atoms with Crippen LogP contribution >= 0.6 is 15.9 Å². The third-order valence-corrected chi connectivity index (χ3v) is 3.58. The summed E-state index contributed by atoms with van der Waals surface area (Å²) >= 11 is 3.03. The van der Waals surface area contributed by atoms with Crippen molar-refractivity contribution < 1.29 is 13.6 Å². The highest BCUT2D eigenvalue weighted by Crippen LogP contribution is 2.21. The molecule has 1 aliphatic rings. The molecule has 98 valence electrons. The SMILES string of the molecule is O=C1CCC(NCc2c(F)ccc(Br)c2F)CN1. The first-order valence-corrected chi connectivity index (χ1v) is 6.49. The van der Waals surface area contributed by atoms with Gasteiger partial charge in [-0.25, -0.2) is 8.78 Å². The van der Waals surface area contributed by atoms with Crippen molar-refractivity contribution in [2.75, 3.05) is 6.54 Å². The molecule has 0 aromatic heterocycles. The lowest BCUT2D eigenvalue weighted by Crippen LogP contribution is -2.45. The molecule has 1 aromatic carbocycles. The van der Waals surface area contributed by atoms with Gasteiger partial charge in [0.05, 0.1) is 4.47 Å². The van der Waals surface area contributed by atoms with Gasteiger partial charge in [-0.2, -0.15) is 0 Å². The van der Waals surface area contributed by atoms with Gasteiger partial charge in [0.25, 0.3) is 0 Å². The Morgan fingerprint density at radius 3 is 2.89 bits per heavy atom. The molecule has 0 saturated carbocycles. The van der Waals surface area contributed by atoms with E-state index in [0.717, 1.165) is 0 Å². The Balaban J connectivity index is 1.98. The Bertz CT molecular complexity index is 458. The quantitative estimate of drug-likeness (QED) is 0.838. The highest BCUT2D eigenvalue weighted by molar-refractivity contribution is 9.10. The van der Waals surface area contributed by atoms with Gasteiger partial charge in [-0.1, -0.05) is 0 Å². The van der Waals surface area contributed by atoms with E-state index in [1.165, 1.54) is 12.1 Å². The molecule has 1 aromatic rings. The van der Waals surface area contributed by atoms with Crippen LogP contribution < -0.4 is 10.6 Å². The number of halogens is 3. The van der Waals surface area contributed by atoms with Gasteiger partial charge in [0.15, 0.2) is 0 Å². The van der Waals surface area contributed by atoms with Crippen LogP contribution in [0.25, 0.3) is 0 Å². The molecule has 1 unspecified atom stereocenters. The third kappa shape index (κ3) is 3.05. The second-order valence-corrected chi connectivity index (χ2v) is 5.10. The average molecular weight is 319 g/mol. The van der Waals surface area contributed by atoms with Crippen LogP contribution in [0.2, 0.25) is 0 Å². The molecule has 2 rings (SSSR count). The zero-order chi connectivity index (χ0) is 13.1. The van der Waals surface area contributed by atoms with E-state index in [-0.39, 0.29) is 28.5 Å². The summed E-state index contributed by atoms with van der Waals surface area (Å²) in [6.45, 7) is 0.605. The molecule has 6 heteroatoms. The zero-order valence-electron chi connectivity index (χ0n) is 9.60. The molecule has 0 aliphatic carbocycles. The molecule has 18 heavy (non-hydrogen) atoms. The van der Waals surface area contributed by atoms with Crippen molar-refractivity contribution in [1.29, 1.82) is 0 Å². The molecule has 1 fully saturated rings. The molecule has 1 heterocycles. The molecular weight excluding hydrogens is 306 g/mol. The molecule has 0 bridgehead atoms. The van der Waals surface area contributed by atoms with E-state index in [0.29, 0.717) is 19.4 Å². The second-order valence-electron chi connectivity index (χ2n) is 4.24. The Morgan fingerprint density at radius 1 is 1.44 bits per heavy atom. The van der Waals surface area contributed by atoms with E-state index < -0.39 is 11.6 Å². The summed E-state index contributed by atoms with van der Waals surface area (Å²) in [6.07, 6.45) is 1.13. The number of carbonyl (C=O) groups is 1. The van der Waals surface area contributed by atoms with Crippen LogP contribution in [0.4, 0.5) is 8.78 Å². The normalized spacial score (nSPS) is 19.7. The van der Waals surface area contributed by atoms with Gasteiger partial charge < -0.3 is 10.6 Å². The van der Waals surface area contributed by atoms with E-state index in [1.807, 2.05) is 0 Å². The smallest absolute Gasteiger partial charge is 0.220 e. The van der Waals surface area contributed by atoms with Crippen LogP contribution in [0.5, 0.6) is 0 Å². The van der Waals surface area contributed by atoms with Crippen molar-refractivity contribution in [3.8, 4) is 0 Å². The van der Waals surface area contributed by atoms with Gasteiger partial charge in [0.1, 0.15) is 11.6 Å². The number of hydrogen-bond acceptors (Lipinski definition) is 2. The standard InChI is InChI=1S/C12H13BrF2N2O/c13-9-2-3-10(14)8(12(9)15)6-16-7-1-4-11(18)17-5-7/h2-3,7,16H,1,4-6H2,(H,17,18). The lowest BCUT2D eigenvalue weighted by molar-refractivity contribution is -0.122. The summed E-state index contributed by atoms with van der Waals surface area (Å²) in [5.41, 5.74) is 0.0151. The van der Waals surface area contributed by atoms with Crippen LogP contribution in [-0.2, 0) is 11.3 Å². The first kappa shape index (κ1) is 13.4. The number of nitrogens with one attached hydrogen (secondary N) is 2. The van der Waals surface area contributed by atoms with Crippen LogP contribution in [0.15, 0.2) is 16.6 Å². The minimum Gasteiger partial charge on any atom is -0.355 e. The lowest BCUT2D eigenvalue weighted by Gasteiger charge is -2.23. The van der Waals surface area contributed by atoms with Crippen molar-refractivity contribution in [2.24, 2.45) is 0 Å². The Hall–Kier alpha value is -1.01. The van der Waals surface area contributed by atoms with Crippen LogP contribution in [-0.4, -0.2) is 18.5 Å². The minimum atomic E-state index is -0.581. The summed E-state index contributed by atoms with van der Waals surface area (Å²) in [7, 11) is 0. The molecule has 1 aliphatic heterocycles. The molecule has 1 atom stereocenters. The predicted octanol–water partition coefficient (Wildman–Crippen LogP) is 2.10. The second kappa shape index (κ2) is 5.75. The van der Waals surface area contributed by atoms with Crippen molar-refractivity contribution in [2.45, 2.75) is 25.4 Å². The first-order chi connectivity index (χ1) is 8.58. The molecule has 3 nitrogen and oxygen atoms in total. The van der Waals surface area contributed by atoms with Crippen molar-refractivity contribution in [1.82, 2.24) is 10.6 Å². The van der Waals surface area contributed by atoms with Crippen LogP contribution in [0, 0.1) is 11.6 Å². The van der Waals surface area contributed by atoms with Gasteiger partial charge in [-0.05, 0) is 34.5 Å². The summed E-state index contributed by atoms with van der Waals surface area (Å²) in [5, 5.41) is 5.76. The van der Waals surface area contributed by atoms with Crippen molar-refractivity contribution >= 4 is 21.8 Å². The summed E-state index contributed by atoms with van der Waals surface area (Å²) in [4.78, 5) is 11.0. The van der Waals surface area contributed by atoms with E-state index in [1.54, 1.807) is 0 Å². The Kier molecular flexibility index (Phi) is 4.29. The van der Waals surface area contributed by atoms with Crippen LogP contribution in [0.3, 0.4) is 0 Å². The summed E-state index contributed by atoms with van der Waals surface area (Å²) in [6, 6.07) is 2.63. The van der Waals surface area contributed by atoms with Crippen molar-refractivity contribution in [3.05, 3.63) is 33.8 Å². The van der Waals surface area contributed by atoms with Gasteiger partial charge in [-0.3, -0.25) is 4.79 Å². The molecule has 1 saturated heterocycles. The average Bonchev–Trinajstić information content (AvgIpc) is 2.36. The Labute approximate surface area is 112 Å². The van der Waals surface area contributed by atoms with E-state index >= 15 is 0 Å². The highest BCUT2D eigenvalue weighted by Gasteiger charge is 2.19. The molecule has 0 spiro atoms. The monoisotopic (exact) mass is 318 g/mol. The number of piperidine rings is 1. The van der Waals surface area contributed by atoms with Crippen molar-refractivity contribution in [3.63, 3.8) is 0 Å². The molecule has 1 amide bonds. The number of amides is 1. The first-order valence-electron chi connectivity index (χ1n) is 5.70. The Morgan fingerprint density at radius 2 is 2.22 bits per heavy atom. The van der Waals surface area contributed by atoms with E-state index in [2.05, 4.69) is 26.6 Å². The topological polar surface area (TPSA) is 41.1 Å². The van der Waals surface area contributed by atoms with E-state index in [9.17, 15) is 13.6 Å². The maximum atomic E-state index is 13.7. The number of carbonyl (C=O) groups excluding carboxylic acids is 1. The summed E-state index contributed by atoms with van der Waals surface area (Å²) in [5.74, 6) is -1.13. The zero-order valence-corrected chi connectivity index (χ0v) is 11.2. The largest absolute Gasteiger partial charge is 0.355 e. The van der Waals surface area contributed by atoms with Gasteiger partial charge in [0, 0.05) is 31.1 Å². The maximum Gasteiger partial charge on any atom is 0.220 e. The number of rotatable bonds is 3. The fourth-order valence-corrected chi connectivity index (χ4v) is 2.26. The molecular formula is C12H13BrF2N2O. The molecule has 2 N–H and O–H groups in total. The van der Waals surface area contributed by atoms with Crippen LogP contribution in [0.1, 0.15) is 18.4 Å². The minimum absolute atomic E-state index is 0.0151. The molecule has 0 radical (unpaired) electrons. The maximum absolute atomic E-state index is 13.7. The number of hydrogen-bond donors (Lipinski definition) is 2. The van der Waals surface area contributed by atoms with Gasteiger partial charge in [-0.15, -0.1) is 0 Å². The van der Waals surface area contributed by atoms with Gasteiger partial charge >= 0.3 is 0 Å². The van der Waals surface area contributed by atoms with E-state index in [4.69, 9.17) is 0 Å².